The van der Waals surface area contributed by atoms with E-state index in [-0.39, 0.29) is 19.3 Å². The average molecular weight is 1430 g/mol. The first-order chi connectivity index (χ1) is 48.2. The molecule has 16 nitrogen and oxygen atoms in total. The molecule has 0 spiro atoms. The molecule has 5 unspecified atom stereocenters. The van der Waals surface area contributed by atoms with E-state index in [4.69, 9.17) is 32.3 Å². The van der Waals surface area contributed by atoms with E-state index in [2.05, 4.69) is 154 Å². The standard InChI is InChI=1S/C81H138O16P2/c1-4-7-10-13-16-19-22-25-28-30-32-34-35-36-37-38-39-41-43-44-47-49-52-55-58-61-64-67-79(84)91-70-76(82)71-93-98(87,88)94-72-77(83)73-95-99(89,90)96-75-78(97-81(86)69-66-63-60-57-54-51-46-27-24-21-18-15-12-9-6-3)74-92-80(85)68-65-62-59-56-53-50-48-45-42-40-33-31-29-26-23-20-17-14-11-8-5-2/h7-8,10-11,16-17,19-20,25-26,28-29,32-34,36-37,40,45,48,53,56,76-78,82-83H,4-6,9,12-15,18,21-24,27,30-31,35,38-39,41-44,46-47,49-52,54-55,57-75H2,1-3H3,(H,87,88)(H,89,90)/b10-7-,11-8-,19-16-,20-17-,28-25-,29-26-,34-32-,37-36-,40-33-,48-45-,56-53-. The van der Waals surface area contributed by atoms with E-state index in [0.717, 1.165) is 135 Å². The highest BCUT2D eigenvalue weighted by atomic mass is 31.2. The minimum atomic E-state index is -4.94. The Kier molecular flexibility index (Phi) is 70.2. The molecule has 0 aliphatic carbocycles. The van der Waals surface area contributed by atoms with Crippen LogP contribution >= 0.6 is 15.6 Å². The minimum absolute atomic E-state index is 0.0953. The monoisotopic (exact) mass is 1430 g/mol. The van der Waals surface area contributed by atoms with Crippen molar-refractivity contribution in [3.05, 3.63) is 134 Å². The number of aliphatic hydroxyl groups is 2. The second kappa shape index (κ2) is 73.4. The molecule has 0 fully saturated rings. The van der Waals surface area contributed by atoms with Gasteiger partial charge in [-0.15, -0.1) is 0 Å². The summed E-state index contributed by atoms with van der Waals surface area (Å²) in [6.07, 6.45) is 87.8. The second-order valence-electron chi connectivity index (χ2n) is 25.4. The summed E-state index contributed by atoms with van der Waals surface area (Å²) in [7, 11) is -9.80. The maximum Gasteiger partial charge on any atom is 0.472 e. The van der Waals surface area contributed by atoms with Crippen LogP contribution in [0.5, 0.6) is 0 Å². The number of rotatable bonds is 72. The molecule has 0 aromatic rings. The predicted octanol–water partition coefficient (Wildman–Crippen LogP) is 22.3. The van der Waals surface area contributed by atoms with Crippen LogP contribution in [0, 0.1) is 0 Å². The molecule has 99 heavy (non-hydrogen) atoms. The second-order valence-corrected chi connectivity index (χ2v) is 28.3. The topological polar surface area (TPSA) is 231 Å². The number of allylic oxidation sites excluding steroid dienone is 22. The van der Waals surface area contributed by atoms with Crippen LogP contribution in [0.25, 0.3) is 0 Å². The van der Waals surface area contributed by atoms with Gasteiger partial charge >= 0.3 is 33.6 Å². The smallest absolute Gasteiger partial charge is 0.463 e. The summed E-state index contributed by atoms with van der Waals surface area (Å²) in [5.41, 5.74) is 0. The maximum atomic E-state index is 13.0. The summed E-state index contributed by atoms with van der Waals surface area (Å²) >= 11 is 0. The summed E-state index contributed by atoms with van der Waals surface area (Å²) in [5, 5.41) is 20.6. The molecule has 0 amide bonds. The molecule has 5 atom stereocenters. The zero-order chi connectivity index (χ0) is 72.3. The van der Waals surface area contributed by atoms with Gasteiger partial charge in [-0.25, -0.2) is 9.13 Å². The Morgan fingerprint density at radius 1 is 0.293 bits per heavy atom. The van der Waals surface area contributed by atoms with Gasteiger partial charge in [0.15, 0.2) is 6.10 Å². The van der Waals surface area contributed by atoms with Crippen molar-refractivity contribution in [2.45, 2.75) is 322 Å². The highest BCUT2D eigenvalue weighted by Crippen LogP contribution is 2.45. The van der Waals surface area contributed by atoms with Crippen LogP contribution in [0.3, 0.4) is 0 Å². The van der Waals surface area contributed by atoms with Crippen molar-refractivity contribution in [2.75, 3.05) is 39.6 Å². The van der Waals surface area contributed by atoms with E-state index in [1.807, 2.05) is 0 Å². The fourth-order valence-electron chi connectivity index (χ4n) is 10.1. The normalized spacial score (nSPS) is 14.8. The fourth-order valence-corrected chi connectivity index (χ4v) is 11.7. The molecule has 0 aliphatic rings. The van der Waals surface area contributed by atoms with Crippen LogP contribution < -0.4 is 0 Å². The number of unbranched alkanes of at least 4 members (excludes halogenated alkanes) is 27. The van der Waals surface area contributed by atoms with Crippen molar-refractivity contribution < 1.29 is 75.8 Å². The molecule has 0 saturated heterocycles. The number of phosphoric ester groups is 2. The molecule has 0 aliphatic heterocycles. The van der Waals surface area contributed by atoms with Crippen LogP contribution in [0.2, 0.25) is 0 Å². The van der Waals surface area contributed by atoms with E-state index in [0.29, 0.717) is 19.3 Å². The Morgan fingerprint density at radius 3 is 0.869 bits per heavy atom. The summed E-state index contributed by atoms with van der Waals surface area (Å²) in [6.45, 7) is 2.41. The van der Waals surface area contributed by atoms with E-state index in [1.165, 1.54) is 109 Å². The van der Waals surface area contributed by atoms with Crippen LogP contribution in [0.15, 0.2) is 134 Å². The molecule has 0 radical (unpaired) electrons. The lowest BCUT2D eigenvalue weighted by atomic mass is 10.0. The Labute approximate surface area is 601 Å². The van der Waals surface area contributed by atoms with Crippen molar-refractivity contribution in [3.63, 3.8) is 0 Å². The van der Waals surface area contributed by atoms with Crippen LogP contribution in [0.1, 0.15) is 303 Å². The lowest BCUT2D eigenvalue weighted by Crippen LogP contribution is -2.30. The molecule has 0 heterocycles. The maximum absolute atomic E-state index is 13.0. The molecule has 0 bridgehead atoms. The lowest BCUT2D eigenvalue weighted by Gasteiger charge is -2.21. The van der Waals surface area contributed by atoms with Gasteiger partial charge < -0.3 is 34.2 Å². The number of aliphatic hydroxyl groups excluding tert-OH is 2. The van der Waals surface area contributed by atoms with E-state index >= 15 is 0 Å². The van der Waals surface area contributed by atoms with Crippen LogP contribution in [-0.2, 0) is 55.8 Å². The van der Waals surface area contributed by atoms with Gasteiger partial charge in [0.25, 0.3) is 0 Å². The first-order valence-corrected chi connectivity index (χ1v) is 41.5. The number of carbonyl (C=O) groups excluding carboxylic acids is 3. The molecule has 0 aromatic carbocycles. The van der Waals surface area contributed by atoms with Gasteiger partial charge in [-0.2, -0.15) is 0 Å². The fraction of sp³-hybridized carbons (Fsp3) is 0.691. The molecular formula is C81H138O16P2. The summed E-state index contributed by atoms with van der Waals surface area (Å²) in [6, 6.07) is 0. The number of ether oxygens (including phenoxy) is 3. The van der Waals surface area contributed by atoms with Crippen LogP contribution in [0.4, 0.5) is 0 Å². The SMILES string of the molecule is CC/C=C\C/C=C\C/C=C\C/C=C\C/C=C\C/C=C\CCCCC(=O)OCC(COP(=O)(O)OCC(O)COP(=O)(O)OCC(O)COC(=O)CCCCCCCCCCCCC/C=C\C/C=C\C/C=C\C/C=C\C/C=C\CC)OC(=O)CCCCCCCCCCCCCCCCC. The predicted molar refractivity (Wildman–Crippen MR) is 408 cm³/mol. The molecule has 0 aromatic heterocycles. The molecule has 4 N–H and O–H groups in total. The third-order valence-corrected chi connectivity index (χ3v) is 17.8. The zero-order valence-corrected chi connectivity index (χ0v) is 63.7. The summed E-state index contributed by atoms with van der Waals surface area (Å²) in [5.74, 6) is -1.62. The molecule has 0 saturated carbocycles. The molecule has 0 rings (SSSR count). The number of esters is 3. The largest absolute Gasteiger partial charge is 0.472 e. The van der Waals surface area contributed by atoms with Crippen molar-refractivity contribution >= 4 is 33.6 Å². The summed E-state index contributed by atoms with van der Waals surface area (Å²) in [4.78, 5) is 58.6. The van der Waals surface area contributed by atoms with Gasteiger partial charge in [-0.05, 0) is 116 Å². The van der Waals surface area contributed by atoms with Gasteiger partial charge in [0.1, 0.15) is 25.4 Å². The number of hydrogen-bond acceptors (Lipinski definition) is 14. The van der Waals surface area contributed by atoms with Gasteiger partial charge in [-0.3, -0.25) is 32.5 Å². The Balaban J connectivity index is 4.60. The van der Waals surface area contributed by atoms with Crippen molar-refractivity contribution in [3.8, 4) is 0 Å². The van der Waals surface area contributed by atoms with Crippen molar-refractivity contribution in [1.82, 2.24) is 0 Å². The van der Waals surface area contributed by atoms with Crippen molar-refractivity contribution in [1.29, 1.82) is 0 Å². The quantitative estimate of drug-likeness (QED) is 0.0146. The van der Waals surface area contributed by atoms with Crippen molar-refractivity contribution in [2.24, 2.45) is 0 Å². The third-order valence-electron chi connectivity index (χ3n) is 15.9. The highest BCUT2D eigenvalue weighted by Gasteiger charge is 2.29. The average Bonchev–Trinajstić information content (AvgIpc) is 1.55. The summed E-state index contributed by atoms with van der Waals surface area (Å²) < 4.78 is 61.1. The minimum Gasteiger partial charge on any atom is -0.463 e. The first kappa shape index (κ1) is 94.7. The van der Waals surface area contributed by atoms with Gasteiger partial charge in [0, 0.05) is 19.3 Å². The molecule has 568 valence electrons. The Bertz CT molecular complexity index is 2330. The first-order valence-electron chi connectivity index (χ1n) is 38.5. The Hall–Kier alpha value is -4.31. The number of carbonyl (C=O) groups is 3. The third kappa shape index (κ3) is 74.7. The van der Waals surface area contributed by atoms with Gasteiger partial charge in [0.2, 0.25) is 0 Å². The van der Waals surface area contributed by atoms with Crippen LogP contribution in [-0.4, -0.2) is 95.9 Å². The lowest BCUT2D eigenvalue weighted by molar-refractivity contribution is -0.161. The van der Waals surface area contributed by atoms with Gasteiger partial charge in [-0.1, -0.05) is 302 Å². The van der Waals surface area contributed by atoms with E-state index < -0.39 is 91.5 Å². The zero-order valence-electron chi connectivity index (χ0n) is 61.9. The molecule has 18 heteroatoms. The Morgan fingerprint density at radius 2 is 0.535 bits per heavy atom. The van der Waals surface area contributed by atoms with E-state index in [1.54, 1.807) is 0 Å². The molecular weight excluding hydrogens is 1290 g/mol. The van der Waals surface area contributed by atoms with E-state index in [9.17, 15) is 43.5 Å². The highest BCUT2D eigenvalue weighted by molar-refractivity contribution is 7.47. The number of phosphoric acid groups is 2. The van der Waals surface area contributed by atoms with Gasteiger partial charge in [0.05, 0.1) is 26.4 Å². The number of hydrogen-bond donors (Lipinski definition) is 4.